The summed E-state index contributed by atoms with van der Waals surface area (Å²) in [6, 6.07) is 25.4. The molecule has 5 aromatic rings. The molecule has 0 bridgehead atoms. The number of rotatable bonds is 14. The molecule has 5 rings (SSSR count). The lowest BCUT2D eigenvalue weighted by Crippen LogP contribution is -2.44. The normalized spacial score (nSPS) is 12.9. The molecule has 0 fully saturated rings. The first-order valence-electron chi connectivity index (χ1n) is 16.0. The van der Waals surface area contributed by atoms with E-state index in [1.54, 1.807) is 36.8 Å². The zero-order valence-electron chi connectivity index (χ0n) is 28.3. The van der Waals surface area contributed by atoms with Crippen LogP contribution < -0.4 is 8.91 Å². The Morgan fingerprint density at radius 1 is 0.857 bits per heavy atom. The van der Waals surface area contributed by atoms with Crippen LogP contribution in [0.5, 0.6) is 5.75 Å². The number of hydrogen-bond acceptors (Lipinski definition) is 7. The van der Waals surface area contributed by atoms with Crippen molar-refractivity contribution in [3.05, 3.63) is 148 Å². The highest BCUT2D eigenvalue weighted by molar-refractivity contribution is 7.78. The van der Waals surface area contributed by atoms with Gasteiger partial charge in [0.05, 0.1) is 19.0 Å². The van der Waals surface area contributed by atoms with Gasteiger partial charge in [-0.2, -0.15) is 8.93 Å². The van der Waals surface area contributed by atoms with E-state index < -0.39 is 35.4 Å². The number of hydrogen-bond donors (Lipinski definition) is 1. The number of carbonyl (C=O) groups is 2. The number of aromatic nitrogens is 2. The van der Waals surface area contributed by atoms with Gasteiger partial charge >= 0.3 is 11.9 Å². The number of benzene rings is 4. The molecule has 0 aliphatic heterocycles. The molecule has 1 heterocycles. The molecule has 10 heteroatoms. The Morgan fingerprint density at radius 3 is 2.22 bits per heavy atom. The molecule has 0 spiro atoms. The van der Waals surface area contributed by atoms with Crippen LogP contribution in [0.1, 0.15) is 49.3 Å². The van der Waals surface area contributed by atoms with Crippen molar-refractivity contribution in [1.29, 1.82) is 0 Å². The first kappa shape index (κ1) is 35.3. The summed E-state index contributed by atoms with van der Waals surface area (Å²) in [5.74, 6) is -0.557. The van der Waals surface area contributed by atoms with Crippen LogP contribution in [0.15, 0.2) is 104 Å². The minimum absolute atomic E-state index is 0.233. The zero-order chi connectivity index (χ0) is 34.9. The molecule has 9 nitrogen and oxygen atoms in total. The predicted molar refractivity (Wildman–Crippen MR) is 190 cm³/mol. The van der Waals surface area contributed by atoms with Gasteiger partial charge < -0.3 is 18.2 Å². The first-order valence-corrected chi connectivity index (χ1v) is 17.1. The molecule has 1 N–H and O–H groups in total. The van der Waals surface area contributed by atoms with Gasteiger partial charge in [-0.1, -0.05) is 54.1 Å². The van der Waals surface area contributed by atoms with Gasteiger partial charge in [-0.05, 0) is 104 Å². The highest BCUT2D eigenvalue weighted by Gasteiger charge is 2.28. The Kier molecular flexibility index (Phi) is 11.8. The second-order valence-electron chi connectivity index (χ2n) is 12.1. The molecule has 0 amide bonds. The minimum atomic E-state index is -2.04. The van der Waals surface area contributed by atoms with Crippen LogP contribution >= 0.6 is 0 Å². The van der Waals surface area contributed by atoms with Gasteiger partial charge in [-0.25, -0.2) is 9.78 Å². The lowest BCUT2D eigenvalue weighted by atomic mass is 9.91. The molecular formula is C39H41N3O6S. The lowest BCUT2D eigenvalue weighted by molar-refractivity contribution is -0.151. The van der Waals surface area contributed by atoms with Crippen LogP contribution in [-0.2, 0) is 44.8 Å². The Bertz CT molecular complexity index is 1890. The van der Waals surface area contributed by atoms with Gasteiger partial charge in [0.15, 0.2) is 0 Å². The minimum Gasteiger partial charge on any atom is -0.465 e. The zero-order valence-corrected chi connectivity index (χ0v) is 29.2. The highest BCUT2D eigenvalue weighted by atomic mass is 32.2. The number of carbonyl (C=O) groups excluding carboxylic acids is 2. The fourth-order valence-corrected chi connectivity index (χ4v) is 6.47. The SMILES string of the molecule is COC(=O)c1cc(C)c(CC(Cc2cc(-n3ccnc3)ccc2C)OC(=O)C(Cc2ccccc2)NS(=O)Oc2ccc(C)cc2)c(C)c1. The van der Waals surface area contributed by atoms with Crippen LogP contribution in [0.3, 0.4) is 0 Å². The second kappa shape index (κ2) is 16.4. The van der Waals surface area contributed by atoms with Gasteiger partial charge in [0.2, 0.25) is 0 Å². The fraction of sp³-hybridized carbons (Fsp3) is 0.256. The van der Waals surface area contributed by atoms with Crippen molar-refractivity contribution in [2.24, 2.45) is 0 Å². The summed E-state index contributed by atoms with van der Waals surface area (Å²) in [7, 11) is 1.36. The van der Waals surface area contributed by atoms with Gasteiger partial charge in [0, 0.05) is 30.9 Å². The lowest BCUT2D eigenvalue weighted by Gasteiger charge is -2.25. The summed E-state index contributed by atoms with van der Waals surface area (Å²) in [6.45, 7) is 7.85. The number of methoxy groups -OCH3 is 1. The van der Waals surface area contributed by atoms with Crippen LogP contribution in [0.25, 0.3) is 5.69 Å². The predicted octanol–water partition coefficient (Wildman–Crippen LogP) is 6.45. The van der Waals surface area contributed by atoms with Crippen LogP contribution in [0.4, 0.5) is 0 Å². The average molecular weight is 680 g/mol. The standard InChI is InChI=1S/C39H41N3O6S/c1-26-11-15-34(16-12-26)48-49(45)41-37(21-30-9-7-6-8-10-30)39(44)47-35(24-36-28(3)19-32(20-29(36)4)38(43)46-5)23-31-22-33(14-13-27(31)2)42-18-17-40-25-42/h6-20,22,25,35,37,41H,21,23-24H2,1-5H3. The number of imidazole rings is 1. The molecular weight excluding hydrogens is 639 g/mol. The van der Waals surface area contributed by atoms with E-state index in [-0.39, 0.29) is 6.42 Å². The maximum absolute atomic E-state index is 14.1. The van der Waals surface area contributed by atoms with E-state index in [1.165, 1.54) is 7.11 Å². The molecule has 0 aliphatic rings. The third-order valence-electron chi connectivity index (χ3n) is 8.41. The van der Waals surface area contributed by atoms with E-state index in [2.05, 4.69) is 15.8 Å². The molecule has 0 saturated heterocycles. The van der Waals surface area contributed by atoms with Crippen molar-refractivity contribution in [3.8, 4) is 11.4 Å². The molecule has 0 radical (unpaired) electrons. The molecule has 4 aromatic carbocycles. The number of nitrogens with one attached hydrogen (secondary N) is 1. The van der Waals surface area contributed by atoms with Crippen molar-refractivity contribution in [1.82, 2.24) is 14.3 Å². The number of esters is 2. The van der Waals surface area contributed by atoms with E-state index in [0.29, 0.717) is 24.2 Å². The number of ether oxygens (including phenoxy) is 2. The third kappa shape index (κ3) is 9.52. The smallest absolute Gasteiger partial charge is 0.337 e. The Hall–Kier alpha value is -5.06. The topological polar surface area (TPSA) is 109 Å². The third-order valence-corrected chi connectivity index (χ3v) is 9.23. The van der Waals surface area contributed by atoms with Gasteiger partial charge in [-0.3, -0.25) is 4.79 Å². The summed E-state index contributed by atoms with van der Waals surface area (Å²) in [5.41, 5.74) is 8.09. The quantitative estimate of drug-likeness (QED) is 0.135. The van der Waals surface area contributed by atoms with Gasteiger partial charge in [0.25, 0.3) is 11.3 Å². The second-order valence-corrected chi connectivity index (χ2v) is 13.0. The highest BCUT2D eigenvalue weighted by Crippen LogP contribution is 2.24. The van der Waals surface area contributed by atoms with Crippen LogP contribution in [0.2, 0.25) is 0 Å². The maximum atomic E-state index is 14.1. The van der Waals surface area contributed by atoms with E-state index in [9.17, 15) is 13.8 Å². The summed E-state index contributed by atoms with van der Waals surface area (Å²) in [6.07, 6.45) is 5.77. The van der Waals surface area contributed by atoms with E-state index >= 15 is 0 Å². The fourth-order valence-electron chi connectivity index (χ4n) is 5.72. The summed E-state index contributed by atoms with van der Waals surface area (Å²) in [5, 5.41) is 0. The first-order chi connectivity index (χ1) is 23.6. The summed E-state index contributed by atoms with van der Waals surface area (Å²) < 4.78 is 34.9. The monoisotopic (exact) mass is 679 g/mol. The summed E-state index contributed by atoms with van der Waals surface area (Å²) >= 11 is -2.04. The molecule has 3 atom stereocenters. The van der Waals surface area contributed by atoms with Crippen molar-refractivity contribution in [2.75, 3.05) is 7.11 Å². The maximum Gasteiger partial charge on any atom is 0.337 e. The molecule has 0 saturated carbocycles. The van der Waals surface area contributed by atoms with Crippen molar-refractivity contribution >= 4 is 23.2 Å². The van der Waals surface area contributed by atoms with E-state index in [0.717, 1.165) is 44.6 Å². The average Bonchev–Trinajstić information content (AvgIpc) is 3.63. The largest absolute Gasteiger partial charge is 0.465 e. The molecule has 49 heavy (non-hydrogen) atoms. The van der Waals surface area contributed by atoms with Crippen molar-refractivity contribution < 1.29 is 27.5 Å². The van der Waals surface area contributed by atoms with Gasteiger partial charge in [-0.15, -0.1) is 0 Å². The van der Waals surface area contributed by atoms with Gasteiger partial charge in [0.1, 0.15) is 17.9 Å². The number of nitrogens with zero attached hydrogens (tertiary/aromatic N) is 2. The Morgan fingerprint density at radius 2 is 1.57 bits per heavy atom. The van der Waals surface area contributed by atoms with Crippen LogP contribution in [0, 0.1) is 27.7 Å². The molecule has 1 aromatic heterocycles. The Labute approximate surface area is 290 Å². The van der Waals surface area contributed by atoms with Crippen molar-refractivity contribution in [3.63, 3.8) is 0 Å². The van der Waals surface area contributed by atoms with E-state index in [4.69, 9.17) is 13.7 Å². The molecule has 254 valence electrons. The van der Waals surface area contributed by atoms with Crippen molar-refractivity contribution in [2.45, 2.75) is 59.1 Å². The molecule has 0 aliphatic carbocycles. The molecule has 3 unspecified atom stereocenters. The summed E-state index contributed by atoms with van der Waals surface area (Å²) in [4.78, 5) is 30.6. The Balaban J connectivity index is 1.45. The number of aryl methyl sites for hydroxylation is 4. The van der Waals surface area contributed by atoms with E-state index in [1.807, 2.05) is 93.1 Å². The van der Waals surface area contributed by atoms with Crippen LogP contribution in [-0.4, -0.2) is 45.0 Å².